The number of pyridine rings is 1. The fourth-order valence-electron chi connectivity index (χ4n) is 2.83. The molecule has 3 aromatic rings. The third-order valence-corrected chi connectivity index (χ3v) is 4.05. The number of para-hydroxylation sites is 1. The number of rotatable bonds is 4. The highest BCUT2D eigenvalue weighted by Gasteiger charge is 2.21. The summed E-state index contributed by atoms with van der Waals surface area (Å²) in [7, 11) is 1.68. The zero-order valence-corrected chi connectivity index (χ0v) is 14.7. The smallest absolute Gasteiger partial charge is 0.145 e. The first-order valence-corrected chi connectivity index (χ1v) is 8.22. The van der Waals surface area contributed by atoms with Gasteiger partial charge < -0.3 is 4.74 Å². The molecule has 0 amide bonds. The maximum Gasteiger partial charge on any atom is 0.145 e. The fourth-order valence-corrected chi connectivity index (χ4v) is 2.83. The van der Waals surface area contributed by atoms with Gasteiger partial charge in [-0.3, -0.25) is 4.98 Å². The van der Waals surface area contributed by atoms with Gasteiger partial charge in [-0.25, -0.2) is 9.97 Å². The van der Waals surface area contributed by atoms with Crippen molar-refractivity contribution in [1.82, 2.24) is 15.0 Å². The van der Waals surface area contributed by atoms with E-state index in [1.165, 1.54) is 5.56 Å². The Hall–Kier alpha value is -2.49. The number of nitrogens with zero attached hydrogens (tertiary/aromatic N) is 3. The monoisotopic (exact) mass is 321 g/mol. The van der Waals surface area contributed by atoms with Gasteiger partial charge in [-0.05, 0) is 30.2 Å². The van der Waals surface area contributed by atoms with E-state index in [1.54, 1.807) is 7.11 Å². The number of ether oxygens (including phenoxy) is 1. The Morgan fingerprint density at radius 2 is 1.71 bits per heavy atom. The van der Waals surface area contributed by atoms with E-state index in [0.717, 1.165) is 41.0 Å². The van der Waals surface area contributed by atoms with E-state index in [-0.39, 0.29) is 5.41 Å². The first-order chi connectivity index (χ1) is 11.5. The van der Waals surface area contributed by atoms with Gasteiger partial charge in [-0.2, -0.15) is 0 Å². The summed E-state index contributed by atoms with van der Waals surface area (Å²) in [5, 5.41) is 1.06. The molecule has 0 N–H and O–H groups in total. The molecular weight excluding hydrogens is 298 g/mol. The van der Waals surface area contributed by atoms with Crippen LogP contribution in [-0.2, 0) is 18.3 Å². The lowest BCUT2D eigenvalue weighted by molar-refractivity contribution is 0.418. The largest absolute Gasteiger partial charge is 0.494 e. The SMILES string of the molecule is COc1cccc2c(C(C)(C)C)nc(CCc3ccncc3)nc12. The van der Waals surface area contributed by atoms with Crippen molar-refractivity contribution in [3.8, 4) is 5.75 Å². The van der Waals surface area contributed by atoms with E-state index in [0.29, 0.717) is 0 Å². The van der Waals surface area contributed by atoms with Crippen molar-refractivity contribution < 1.29 is 4.74 Å². The van der Waals surface area contributed by atoms with Gasteiger partial charge in [0, 0.05) is 29.6 Å². The number of benzene rings is 1. The number of fused-ring (bicyclic) bond motifs is 1. The highest BCUT2D eigenvalue weighted by atomic mass is 16.5. The van der Waals surface area contributed by atoms with Crippen LogP contribution in [0.3, 0.4) is 0 Å². The molecule has 0 radical (unpaired) electrons. The van der Waals surface area contributed by atoms with Crippen molar-refractivity contribution >= 4 is 10.9 Å². The first-order valence-electron chi connectivity index (χ1n) is 8.22. The summed E-state index contributed by atoms with van der Waals surface area (Å²) in [5.74, 6) is 1.65. The lowest BCUT2D eigenvalue weighted by Crippen LogP contribution is -2.17. The second-order valence-electron chi connectivity index (χ2n) is 6.95. The molecule has 0 spiro atoms. The predicted molar refractivity (Wildman–Crippen MR) is 96.4 cm³/mol. The normalized spacial score (nSPS) is 11.7. The molecule has 0 unspecified atom stereocenters. The van der Waals surface area contributed by atoms with Crippen molar-refractivity contribution in [2.75, 3.05) is 7.11 Å². The van der Waals surface area contributed by atoms with E-state index in [9.17, 15) is 0 Å². The van der Waals surface area contributed by atoms with Crippen LogP contribution < -0.4 is 4.74 Å². The minimum atomic E-state index is -0.0566. The Bertz CT molecular complexity index is 839. The highest BCUT2D eigenvalue weighted by molar-refractivity contribution is 5.87. The molecule has 0 aliphatic carbocycles. The molecule has 4 nitrogen and oxygen atoms in total. The molecule has 0 fully saturated rings. The van der Waals surface area contributed by atoms with Crippen molar-refractivity contribution in [3.05, 3.63) is 59.8 Å². The Labute approximate surface area is 142 Å². The van der Waals surface area contributed by atoms with Crippen LogP contribution in [0.4, 0.5) is 0 Å². The Balaban J connectivity index is 2.05. The lowest BCUT2D eigenvalue weighted by atomic mass is 9.89. The maximum absolute atomic E-state index is 5.51. The number of hydrogen-bond acceptors (Lipinski definition) is 4. The van der Waals surface area contributed by atoms with Gasteiger partial charge in [0.1, 0.15) is 17.1 Å². The van der Waals surface area contributed by atoms with E-state index >= 15 is 0 Å². The Morgan fingerprint density at radius 1 is 0.958 bits per heavy atom. The van der Waals surface area contributed by atoms with Gasteiger partial charge in [0.05, 0.1) is 12.8 Å². The summed E-state index contributed by atoms with van der Waals surface area (Å²) in [6.45, 7) is 6.54. The zero-order chi connectivity index (χ0) is 17.2. The van der Waals surface area contributed by atoms with E-state index < -0.39 is 0 Å². The number of aryl methyl sites for hydroxylation is 2. The fraction of sp³-hybridized carbons (Fsp3) is 0.350. The third kappa shape index (κ3) is 3.37. The molecule has 2 aromatic heterocycles. The first kappa shape index (κ1) is 16.4. The van der Waals surface area contributed by atoms with Crippen molar-refractivity contribution in [1.29, 1.82) is 0 Å². The number of methoxy groups -OCH3 is 1. The van der Waals surface area contributed by atoms with Crippen LogP contribution in [0, 0.1) is 0 Å². The summed E-state index contributed by atoms with van der Waals surface area (Å²) in [4.78, 5) is 13.7. The molecule has 0 atom stereocenters. The van der Waals surface area contributed by atoms with Crippen LogP contribution >= 0.6 is 0 Å². The van der Waals surface area contributed by atoms with Gasteiger partial charge in [-0.1, -0.05) is 32.9 Å². The van der Waals surface area contributed by atoms with E-state index in [2.05, 4.69) is 31.8 Å². The average molecular weight is 321 g/mol. The minimum absolute atomic E-state index is 0.0566. The third-order valence-electron chi connectivity index (χ3n) is 4.05. The molecule has 4 heteroatoms. The molecule has 0 aliphatic heterocycles. The van der Waals surface area contributed by atoms with Gasteiger partial charge in [0.15, 0.2) is 0 Å². The van der Waals surface area contributed by atoms with Crippen LogP contribution in [0.15, 0.2) is 42.7 Å². The van der Waals surface area contributed by atoms with Crippen LogP contribution in [0.5, 0.6) is 5.75 Å². The molecular formula is C20H23N3O. The van der Waals surface area contributed by atoms with Crippen LogP contribution in [0.25, 0.3) is 10.9 Å². The number of aromatic nitrogens is 3. The van der Waals surface area contributed by atoms with Gasteiger partial charge in [0.2, 0.25) is 0 Å². The molecule has 0 saturated heterocycles. The maximum atomic E-state index is 5.51. The zero-order valence-electron chi connectivity index (χ0n) is 14.7. The van der Waals surface area contributed by atoms with E-state index in [1.807, 2.05) is 36.7 Å². The molecule has 2 heterocycles. The molecule has 3 rings (SSSR count). The summed E-state index contributed by atoms with van der Waals surface area (Å²) in [6.07, 6.45) is 5.33. The van der Waals surface area contributed by atoms with Crippen molar-refractivity contribution in [2.45, 2.75) is 39.0 Å². The molecule has 124 valence electrons. The van der Waals surface area contributed by atoms with Crippen molar-refractivity contribution in [2.24, 2.45) is 0 Å². The average Bonchev–Trinajstić information content (AvgIpc) is 2.58. The van der Waals surface area contributed by atoms with E-state index in [4.69, 9.17) is 14.7 Å². The standard InChI is InChI=1S/C20H23N3O/c1-20(2,3)19-15-6-5-7-16(24-4)18(15)22-17(23-19)9-8-14-10-12-21-13-11-14/h5-7,10-13H,8-9H2,1-4H3. The minimum Gasteiger partial charge on any atom is -0.494 e. The van der Waals surface area contributed by atoms with Gasteiger partial charge >= 0.3 is 0 Å². The second kappa shape index (κ2) is 6.56. The molecule has 1 aromatic carbocycles. The lowest BCUT2D eigenvalue weighted by Gasteiger charge is -2.21. The molecule has 24 heavy (non-hydrogen) atoms. The Morgan fingerprint density at radius 3 is 2.38 bits per heavy atom. The molecule has 0 aliphatic rings. The summed E-state index contributed by atoms with van der Waals surface area (Å²) < 4.78 is 5.51. The van der Waals surface area contributed by atoms with Gasteiger partial charge in [-0.15, -0.1) is 0 Å². The predicted octanol–water partition coefficient (Wildman–Crippen LogP) is 4.12. The highest BCUT2D eigenvalue weighted by Crippen LogP contribution is 2.32. The van der Waals surface area contributed by atoms with Crippen LogP contribution in [0.2, 0.25) is 0 Å². The quantitative estimate of drug-likeness (QED) is 0.725. The van der Waals surface area contributed by atoms with Gasteiger partial charge in [0.25, 0.3) is 0 Å². The van der Waals surface area contributed by atoms with Crippen LogP contribution in [0.1, 0.15) is 37.9 Å². The summed E-state index contributed by atoms with van der Waals surface area (Å²) in [5.41, 5.74) is 3.14. The molecule has 0 bridgehead atoms. The second-order valence-corrected chi connectivity index (χ2v) is 6.95. The van der Waals surface area contributed by atoms with Crippen molar-refractivity contribution in [3.63, 3.8) is 0 Å². The topological polar surface area (TPSA) is 47.9 Å². The summed E-state index contributed by atoms with van der Waals surface area (Å²) in [6, 6.07) is 10.1. The Kier molecular flexibility index (Phi) is 4.47. The molecule has 0 saturated carbocycles. The number of hydrogen-bond donors (Lipinski definition) is 0. The summed E-state index contributed by atoms with van der Waals surface area (Å²) >= 11 is 0. The van der Waals surface area contributed by atoms with Crippen LogP contribution in [-0.4, -0.2) is 22.1 Å².